The molecule has 4 heteroatoms. The van der Waals surface area contributed by atoms with Crippen LogP contribution in [0.2, 0.25) is 0 Å². The average molecular weight is 207 g/mol. The lowest BCUT2D eigenvalue weighted by atomic mass is 10.1. The van der Waals surface area contributed by atoms with Gasteiger partial charge >= 0.3 is 0 Å². The molecule has 0 saturated carbocycles. The first-order valence-corrected chi connectivity index (χ1v) is 5.43. The Morgan fingerprint density at radius 1 is 1.60 bits per heavy atom. The maximum atomic E-state index is 5.45. The van der Waals surface area contributed by atoms with E-state index in [9.17, 15) is 0 Å². The van der Waals surface area contributed by atoms with E-state index in [0.717, 1.165) is 32.4 Å². The highest BCUT2D eigenvalue weighted by Crippen LogP contribution is 2.08. The first-order chi connectivity index (χ1) is 7.45. The van der Waals surface area contributed by atoms with Crippen LogP contribution in [0.4, 0.5) is 0 Å². The molecule has 0 aliphatic carbocycles. The molecular formula is C11H17N3O. The summed E-state index contributed by atoms with van der Waals surface area (Å²) in [6.07, 6.45) is 11.0. The minimum Gasteiger partial charge on any atom is -0.497 e. The van der Waals surface area contributed by atoms with E-state index in [1.54, 1.807) is 6.33 Å². The molecule has 2 heterocycles. The maximum absolute atomic E-state index is 5.45. The number of nitrogens with one attached hydrogen (secondary N) is 2. The molecule has 2 rings (SSSR count). The second kappa shape index (κ2) is 5.56. The summed E-state index contributed by atoms with van der Waals surface area (Å²) in [5, 5.41) is 3.39. The molecule has 0 spiro atoms. The molecule has 0 saturated heterocycles. The van der Waals surface area contributed by atoms with E-state index in [-0.39, 0.29) is 0 Å². The Kier molecular flexibility index (Phi) is 3.79. The van der Waals surface area contributed by atoms with Crippen molar-refractivity contribution in [2.24, 2.45) is 0 Å². The number of nitrogens with zero attached hydrogens (tertiary/aromatic N) is 1. The molecule has 2 N–H and O–H groups in total. The standard InChI is InChI=1S/C11H17N3O/c1-2-6-15-11(3-1)8-12-5-4-10-7-13-9-14-10/h2,6-7,9,11-12H,1,3-5,8H2,(H,13,14). The topological polar surface area (TPSA) is 49.9 Å². The van der Waals surface area contributed by atoms with Gasteiger partial charge in [-0.3, -0.25) is 0 Å². The summed E-state index contributed by atoms with van der Waals surface area (Å²) in [4.78, 5) is 7.06. The third-order valence-corrected chi connectivity index (χ3v) is 2.52. The monoisotopic (exact) mass is 207 g/mol. The van der Waals surface area contributed by atoms with Crippen molar-refractivity contribution in [1.82, 2.24) is 15.3 Å². The molecule has 1 aromatic rings. The zero-order valence-electron chi connectivity index (χ0n) is 8.78. The van der Waals surface area contributed by atoms with Crippen LogP contribution in [0, 0.1) is 0 Å². The highest BCUT2D eigenvalue weighted by atomic mass is 16.5. The summed E-state index contributed by atoms with van der Waals surface area (Å²) in [7, 11) is 0. The Morgan fingerprint density at radius 3 is 3.33 bits per heavy atom. The van der Waals surface area contributed by atoms with Gasteiger partial charge in [0.25, 0.3) is 0 Å². The van der Waals surface area contributed by atoms with Crippen LogP contribution in [0.1, 0.15) is 18.5 Å². The van der Waals surface area contributed by atoms with Gasteiger partial charge in [-0.1, -0.05) is 0 Å². The van der Waals surface area contributed by atoms with Gasteiger partial charge < -0.3 is 15.0 Å². The fourth-order valence-electron chi connectivity index (χ4n) is 1.64. The number of hydrogen-bond donors (Lipinski definition) is 2. The van der Waals surface area contributed by atoms with Crippen molar-refractivity contribution in [2.75, 3.05) is 13.1 Å². The third-order valence-electron chi connectivity index (χ3n) is 2.52. The van der Waals surface area contributed by atoms with Gasteiger partial charge in [0.15, 0.2) is 0 Å². The molecule has 0 radical (unpaired) electrons. The summed E-state index contributed by atoms with van der Waals surface area (Å²) in [5.74, 6) is 0. The molecule has 1 atom stereocenters. The van der Waals surface area contributed by atoms with Crippen molar-refractivity contribution in [3.8, 4) is 0 Å². The first kappa shape index (κ1) is 10.2. The van der Waals surface area contributed by atoms with Gasteiger partial charge in [0, 0.05) is 31.4 Å². The van der Waals surface area contributed by atoms with Crippen molar-refractivity contribution in [2.45, 2.75) is 25.4 Å². The smallest absolute Gasteiger partial charge is 0.110 e. The third kappa shape index (κ3) is 3.40. The zero-order chi connectivity index (χ0) is 10.3. The molecule has 4 nitrogen and oxygen atoms in total. The van der Waals surface area contributed by atoms with Crippen molar-refractivity contribution < 1.29 is 4.74 Å². The highest BCUT2D eigenvalue weighted by Gasteiger charge is 2.09. The summed E-state index contributed by atoms with van der Waals surface area (Å²) < 4.78 is 5.45. The highest BCUT2D eigenvalue weighted by molar-refractivity contribution is 4.94. The molecule has 1 aliphatic rings. The van der Waals surface area contributed by atoms with Crippen LogP contribution >= 0.6 is 0 Å². The molecule has 1 aromatic heterocycles. The Balaban J connectivity index is 1.57. The second-order valence-corrected chi connectivity index (χ2v) is 3.74. The van der Waals surface area contributed by atoms with Gasteiger partial charge in [-0.25, -0.2) is 4.98 Å². The number of aromatic nitrogens is 2. The van der Waals surface area contributed by atoms with Crippen LogP contribution in [0.25, 0.3) is 0 Å². The van der Waals surface area contributed by atoms with Gasteiger partial charge in [-0.05, 0) is 18.9 Å². The predicted molar refractivity (Wildman–Crippen MR) is 58.4 cm³/mol. The summed E-state index contributed by atoms with van der Waals surface area (Å²) in [6, 6.07) is 0. The Labute approximate surface area is 89.7 Å². The quantitative estimate of drug-likeness (QED) is 0.714. The predicted octanol–water partition coefficient (Wildman–Crippen LogP) is 1.23. The Bertz CT molecular complexity index is 295. The van der Waals surface area contributed by atoms with E-state index >= 15 is 0 Å². The minimum atomic E-state index is 0.344. The van der Waals surface area contributed by atoms with Crippen LogP contribution < -0.4 is 5.32 Å². The minimum absolute atomic E-state index is 0.344. The Hall–Kier alpha value is -1.29. The molecule has 0 fully saturated rings. The summed E-state index contributed by atoms with van der Waals surface area (Å²) in [5.41, 5.74) is 1.17. The van der Waals surface area contributed by atoms with Crippen molar-refractivity contribution >= 4 is 0 Å². The summed E-state index contributed by atoms with van der Waals surface area (Å²) >= 11 is 0. The van der Waals surface area contributed by atoms with Gasteiger partial charge in [-0.15, -0.1) is 0 Å². The average Bonchev–Trinajstić information content (AvgIpc) is 2.79. The molecule has 0 bridgehead atoms. The Morgan fingerprint density at radius 2 is 2.60 bits per heavy atom. The molecular weight excluding hydrogens is 190 g/mol. The molecule has 0 aromatic carbocycles. The lowest BCUT2D eigenvalue weighted by Crippen LogP contribution is -2.30. The van der Waals surface area contributed by atoms with Gasteiger partial charge in [-0.2, -0.15) is 0 Å². The van der Waals surface area contributed by atoms with Crippen molar-refractivity contribution in [3.63, 3.8) is 0 Å². The van der Waals surface area contributed by atoms with E-state index in [1.165, 1.54) is 5.69 Å². The fraction of sp³-hybridized carbons (Fsp3) is 0.545. The lowest BCUT2D eigenvalue weighted by molar-refractivity contribution is 0.122. The number of aromatic amines is 1. The van der Waals surface area contributed by atoms with Crippen LogP contribution in [0.3, 0.4) is 0 Å². The maximum Gasteiger partial charge on any atom is 0.110 e. The molecule has 1 aliphatic heterocycles. The molecule has 15 heavy (non-hydrogen) atoms. The van der Waals surface area contributed by atoms with Crippen molar-refractivity contribution in [1.29, 1.82) is 0 Å². The van der Waals surface area contributed by atoms with Crippen LogP contribution in [0.5, 0.6) is 0 Å². The number of allylic oxidation sites excluding steroid dienone is 1. The fourth-order valence-corrected chi connectivity index (χ4v) is 1.64. The van der Waals surface area contributed by atoms with Crippen LogP contribution in [-0.4, -0.2) is 29.2 Å². The molecule has 1 unspecified atom stereocenters. The SMILES string of the molecule is C1=COC(CNCCc2cnc[nH]2)CC1. The van der Waals surface area contributed by atoms with E-state index in [1.807, 2.05) is 12.5 Å². The van der Waals surface area contributed by atoms with Crippen LogP contribution in [-0.2, 0) is 11.2 Å². The van der Waals surface area contributed by atoms with E-state index in [2.05, 4.69) is 21.4 Å². The summed E-state index contributed by atoms with van der Waals surface area (Å²) in [6.45, 7) is 1.89. The van der Waals surface area contributed by atoms with Gasteiger partial charge in [0.1, 0.15) is 6.10 Å². The molecule has 0 amide bonds. The first-order valence-electron chi connectivity index (χ1n) is 5.43. The lowest BCUT2D eigenvalue weighted by Gasteiger charge is -2.19. The normalized spacial score (nSPS) is 20.1. The number of H-pyrrole nitrogens is 1. The zero-order valence-corrected chi connectivity index (χ0v) is 8.78. The molecule has 82 valence electrons. The van der Waals surface area contributed by atoms with E-state index in [4.69, 9.17) is 4.74 Å². The van der Waals surface area contributed by atoms with Crippen LogP contribution in [0.15, 0.2) is 24.9 Å². The number of ether oxygens (including phenoxy) is 1. The van der Waals surface area contributed by atoms with Crippen molar-refractivity contribution in [3.05, 3.63) is 30.6 Å². The van der Waals surface area contributed by atoms with E-state index < -0.39 is 0 Å². The van der Waals surface area contributed by atoms with Gasteiger partial charge in [0.05, 0.1) is 12.6 Å². The number of imidazole rings is 1. The van der Waals surface area contributed by atoms with E-state index in [0.29, 0.717) is 6.10 Å². The second-order valence-electron chi connectivity index (χ2n) is 3.74. The number of hydrogen-bond acceptors (Lipinski definition) is 3. The largest absolute Gasteiger partial charge is 0.497 e. The van der Waals surface area contributed by atoms with Gasteiger partial charge in [0.2, 0.25) is 0 Å². The number of rotatable bonds is 5.